The third-order valence-corrected chi connectivity index (χ3v) is 5.83. The average Bonchev–Trinajstić information content (AvgIpc) is 3.12. The van der Waals surface area contributed by atoms with E-state index in [1.165, 1.54) is 11.8 Å². The van der Waals surface area contributed by atoms with Crippen LogP contribution in [0.25, 0.3) is 11.4 Å². The van der Waals surface area contributed by atoms with Crippen molar-refractivity contribution in [1.82, 2.24) is 14.8 Å². The maximum atomic E-state index is 12.4. The minimum Gasteiger partial charge on any atom is -0.496 e. The number of halogens is 3. The van der Waals surface area contributed by atoms with Gasteiger partial charge in [-0.05, 0) is 37.3 Å². The van der Waals surface area contributed by atoms with Gasteiger partial charge >= 0.3 is 0 Å². The summed E-state index contributed by atoms with van der Waals surface area (Å²) in [5.74, 6) is 1.12. The number of benzene rings is 2. The molecule has 1 N–H and O–H groups in total. The number of methoxy groups -OCH3 is 1. The summed E-state index contributed by atoms with van der Waals surface area (Å²) in [6, 6.07) is 10.3. The van der Waals surface area contributed by atoms with Crippen LogP contribution in [0, 0.1) is 0 Å². The van der Waals surface area contributed by atoms with Crippen molar-refractivity contribution in [3.8, 4) is 17.1 Å². The maximum Gasteiger partial charge on any atom is 0.234 e. The van der Waals surface area contributed by atoms with Crippen LogP contribution in [0.4, 0.5) is 5.69 Å². The second-order valence-electron chi connectivity index (χ2n) is 5.83. The lowest BCUT2D eigenvalue weighted by molar-refractivity contribution is -0.113. The van der Waals surface area contributed by atoms with Crippen molar-refractivity contribution in [3.63, 3.8) is 0 Å². The Morgan fingerprint density at radius 3 is 2.55 bits per heavy atom. The smallest absolute Gasteiger partial charge is 0.234 e. The molecule has 0 aliphatic rings. The minimum absolute atomic E-state index is 0.117. The summed E-state index contributed by atoms with van der Waals surface area (Å²) in [7, 11) is 1.58. The predicted molar refractivity (Wildman–Crippen MR) is 119 cm³/mol. The molecule has 0 radical (unpaired) electrons. The maximum absolute atomic E-state index is 12.4. The first-order valence-corrected chi connectivity index (χ1v) is 10.7. The lowest BCUT2D eigenvalue weighted by atomic mass is 10.2. The fourth-order valence-corrected chi connectivity index (χ4v) is 4.12. The van der Waals surface area contributed by atoms with E-state index in [1.54, 1.807) is 43.5 Å². The first-order valence-electron chi connectivity index (χ1n) is 8.58. The molecule has 0 spiro atoms. The van der Waals surface area contributed by atoms with Crippen LogP contribution >= 0.6 is 46.6 Å². The summed E-state index contributed by atoms with van der Waals surface area (Å²) in [4.78, 5) is 12.4. The van der Waals surface area contributed by atoms with Crippen LogP contribution in [0.15, 0.2) is 41.6 Å². The number of amides is 1. The van der Waals surface area contributed by atoms with Gasteiger partial charge in [0.15, 0.2) is 11.0 Å². The van der Waals surface area contributed by atoms with Crippen molar-refractivity contribution in [3.05, 3.63) is 51.5 Å². The van der Waals surface area contributed by atoms with E-state index in [4.69, 9.17) is 39.5 Å². The Balaban J connectivity index is 1.78. The molecule has 10 heteroatoms. The quantitative estimate of drug-likeness (QED) is 0.450. The van der Waals surface area contributed by atoms with Gasteiger partial charge in [-0.25, -0.2) is 0 Å². The number of anilines is 1. The van der Waals surface area contributed by atoms with E-state index in [2.05, 4.69) is 15.5 Å². The second kappa shape index (κ2) is 9.71. The highest BCUT2D eigenvalue weighted by Gasteiger charge is 2.18. The number of para-hydroxylation sites is 1. The Morgan fingerprint density at radius 1 is 1.17 bits per heavy atom. The van der Waals surface area contributed by atoms with Gasteiger partial charge in [-0.2, -0.15) is 0 Å². The third kappa shape index (κ3) is 4.98. The molecule has 29 heavy (non-hydrogen) atoms. The van der Waals surface area contributed by atoms with Gasteiger partial charge in [0.05, 0.1) is 34.2 Å². The molecule has 0 saturated heterocycles. The number of carbonyl (C=O) groups excluding carboxylic acids is 1. The molecule has 0 saturated carbocycles. The van der Waals surface area contributed by atoms with Crippen LogP contribution in [0.3, 0.4) is 0 Å². The number of ether oxygens (including phenoxy) is 1. The molecule has 0 fully saturated rings. The summed E-state index contributed by atoms with van der Waals surface area (Å²) in [6.45, 7) is 2.58. The van der Waals surface area contributed by atoms with Crippen LogP contribution in [-0.2, 0) is 11.3 Å². The number of rotatable bonds is 7. The summed E-state index contributed by atoms with van der Waals surface area (Å²) in [6.07, 6.45) is 0. The Kier molecular flexibility index (Phi) is 7.29. The third-order valence-electron chi connectivity index (χ3n) is 4.00. The lowest BCUT2D eigenvalue weighted by Gasteiger charge is -2.11. The van der Waals surface area contributed by atoms with Crippen LogP contribution < -0.4 is 10.1 Å². The number of nitrogens with one attached hydrogen (secondary N) is 1. The SMILES string of the molecule is CCn1c(SCC(=O)Nc2c(Cl)cccc2Cl)nnc1-c1cc(Cl)ccc1OC. The molecule has 3 aromatic rings. The number of hydrogen-bond donors (Lipinski definition) is 1. The summed E-state index contributed by atoms with van der Waals surface area (Å²) >= 11 is 19.6. The monoisotopic (exact) mass is 470 g/mol. The molecule has 1 heterocycles. The van der Waals surface area contributed by atoms with Gasteiger partial charge in [0.25, 0.3) is 0 Å². The predicted octanol–water partition coefficient (Wildman–Crippen LogP) is 5.66. The number of carbonyl (C=O) groups is 1. The molecule has 0 aliphatic carbocycles. The van der Waals surface area contributed by atoms with E-state index >= 15 is 0 Å². The summed E-state index contributed by atoms with van der Waals surface area (Å²) in [5, 5.41) is 13.2. The minimum atomic E-state index is -0.252. The zero-order valence-corrected chi connectivity index (χ0v) is 18.7. The summed E-state index contributed by atoms with van der Waals surface area (Å²) in [5.41, 5.74) is 1.12. The van der Waals surface area contributed by atoms with Crippen molar-refractivity contribution in [1.29, 1.82) is 0 Å². The highest BCUT2D eigenvalue weighted by molar-refractivity contribution is 7.99. The normalized spacial score (nSPS) is 10.8. The van der Waals surface area contributed by atoms with Gasteiger partial charge in [-0.1, -0.05) is 52.6 Å². The fraction of sp³-hybridized carbons (Fsp3) is 0.211. The average molecular weight is 472 g/mol. The van der Waals surface area contributed by atoms with Gasteiger partial charge in [0, 0.05) is 11.6 Å². The van der Waals surface area contributed by atoms with Crippen LogP contribution in [0.5, 0.6) is 5.75 Å². The van der Waals surface area contributed by atoms with Crippen LogP contribution in [0.2, 0.25) is 15.1 Å². The Labute approximate surface area is 187 Å². The van der Waals surface area contributed by atoms with E-state index in [1.807, 2.05) is 11.5 Å². The molecule has 0 aliphatic heterocycles. The number of hydrogen-bond acceptors (Lipinski definition) is 5. The van der Waals surface area contributed by atoms with Gasteiger partial charge in [0.1, 0.15) is 5.75 Å². The summed E-state index contributed by atoms with van der Waals surface area (Å²) < 4.78 is 7.31. The zero-order chi connectivity index (χ0) is 21.0. The Bertz CT molecular complexity index is 1020. The first kappa shape index (κ1) is 21.8. The topological polar surface area (TPSA) is 69.0 Å². The fourth-order valence-electron chi connectivity index (χ4n) is 2.66. The van der Waals surface area contributed by atoms with Gasteiger partial charge in [-0.15, -0.1) is 10.2 Å². The van der Waals surface area contributed by atoms with Crippen molar-refractivity contribution in [2.75, 3.05) is 18.2 Å². The van der Waals surface area contributed by atoms with Gasteiger partial charge in [-0.3, -0.25) is 4.79 Å². The van der Waals surface area contributed by atoms with Crippen molar-refractivity contribution >= 4 is 58.2 Å². The Morgan fingerprint density at radius 2 is 1.90 bits per heavy atom. The molecule has 2 aromatic carbocycles. The Hall–Kier alpha value is -1.93. The molecule has 1 aromatic heterocycles. The van der Waals surface area contributed by atoms with E-state index in [0.717, 1.165) is 5.56 Å². The molecule has 0 atom stereocenters. The highest BCUT2D eigenvalue weighted by atomic mass is 35.5. The molecule has 6 nitrogen and oxygen atoms in total. The number of nitrogens with zero attached hydrogens (tertiary/aromatic N) is 3. The largest absolute Gasteiger partial charge is 0.496 e. The molecule has 0 unspecified atom stereocenters. The lowest BCUT2D eigenvalue weighted by Crippen LogP contribution is -2.15. The molecule has 1 amide bonds. The van der Waals surface area contributed by atoms with Gasteiger partial charge in [0.2, 0.25) is 5.91 Å². The first-order chi connectivity index (χ1) is 13.9. The van der Waals surface area contributed by atoms with Crippen LogP contribution in [-0.4, -0.2) is 33.5 Å². The molecular formula is C19H17Cl3N4O2S. The van der Waals surface area contributed by atoms with Crippen molar-refractivity contribution in [2.45, 2.75) is 18.6 Å². The molecular weight excluding hydrogens is 455 g/mol. The standard InChI is InChI=1S/C19H17Cl3N4O2S/c1-3-26-18(12-9-11(20)7-8-15(12)28-2)24-25-19(26)29-10-16(27)23-17-13(21)5-4-6-14(17)22/h4-9H,3,10H2,1-2H3,(H,23,27). The van der Waals surface area contributed by atoms with Crippen molar-refractivity contribution < 1.29 is 9.53 Å². The van der Waals surface area contributed by atoms with Gasteiger partial charge < -0.3 is 14.6 Å². The second-order valence-corrected chi connectivity index (χ2v) is 8.02. The van der Waals surface area contributed by atoms with E-state index in [-0.39, 0.29) is 11.7 Å². The number of aromatic nitrogens is 3. The molecule has 3 rings (SSSR count). The van der Waals surface area contributed by atoms with E-state index in [9.17, 15) is 4.79 Å². The molecule has 152 valence electrons. The van der Waals surface area contributed by atoms with E-state index in [0.29, 0.717) is 44.0 Å². The number of thioether (sulfide) groups is 1. The van der Waals surface area contributed by atoms with E-state index < -0.39 is 0 Å². The van der Waals surface area contributed by atoms with Crippen molar-refractivity contribution in [2.24, 2.45) is 0 Å². The highest BCUT2D eigenvalue weighted by Crippen LogP contribution is 2.34. The molecule has 0 bridgehead atoms. The zero-order valence-electron chi connectivity index (χ0n) is 15.6. The van der Waals surface area contributed by atoms with Crippen LogP contribution in [0.1, 0.15) is 6.92 Å².